The van der Waals surface area contributed by atoms with Crippen LogP contribution in [-0.2, 0) is 17.8 Å². The quantitative estimate of drug-likeness (QED) is 0.855. The molecule has 0 saturated carbocycles. The smallest absolute Gasteiger partial charge is 0.228 e. The van der Waals surface area contributed by atoms with E-state index in [4.69, 9.17) is 11.6 Å². The summed E-state index contributed by atoms with van der Waals surface area (Å²) in [6.07, 6.45) is 0.342. The number of hydrogen-bond acceptors (Lipinski definition) is 2. The standard InChI is InChI=1S/C17H19ClN2O/c1-2-19-12-14-4-3-5-16(10-14)20-17(21)11-13-6-8-15(18)9-7-13/h3-10,19H,2,11-12H2,1H3,(H,20,21). The zero-order chi connectivity index (χ0) is 15.1. The molecule has 0 heterocycles. The SMILES string of the molecule is CCNCc1cccc(NC(=O)Cc2ccc(Cl)cc2)c1. The van der Waals surface area contributed by atoms with Gasteiger partial charge in [0.2, 0.25) is 5.91 Å². The van der Waals surface area contributed by atoms with Crippen molar-refractivity contribution in [3.8, 4) is 0 Å². The number of benzene rings is 2. The van der Waals surface area contributed by atoms with Gasteiger partial charge in [-0.05, 0) is 41.9 Å². The zero-order valence-electron chi connectivity index (χ0n) is 12.0. The highest BCUT2D eigenvalue weighted by molar-refractivity contribution is 6.30. The van der Waals surface area contributed by atoms with Gasteiger partial charge in [0.15, 0.2) is 0 Å². The van der Waals surface area contributed by atoms with Crippen molar-refractivity contribution in [1.29, 1.82) is 0 Å². The van der Waals surface area contributed by atoms with Gasteiger partial charge in [-0.1, -0.05) is 42.8 Å². The van der Waals surface area contributed by atoms with Crippen molar-refractivity contribution in [1.82, 2.24) is 5.32 Å². The molecule has 0 fully saturated rings. The number of carbonyl (C=O) groups excluding carboxylic acids is 1. The van der Waals surface area contributed by atoms with Crippen LogP contribution in [0.3, 0.4) is 0 Å². The summed E-state index contributed by atoms with van der Waals surface area (Å²) in [7, 11) is 0. The molecule has 0 atom stereocenters. The molecule has 3 nitrogen and oxygen atoms in total. The Morgan fingerprint density at radius 1 is 1.10 bits per heavy atom. The van der Waals surface area contributed by atoms with Crippen molar-refractivity contribution in [2.75, 3.05) is 11.9 Å². The monoisotopic (exact) mass is 302 g/mol. The average Bonchev–Trinajstić information content (AvgIpc) is 2.48. The Kier molecular flexibility index (Phi) is 5.78. The summed E-state index contributed by atoms with van der Waals surface area (Å²) in [4.78, 5) is 12.0. The molecule has 4 heteroatoms. The zero-order valence-corrected chi connectivity index (χ0v) is 12.8. The Bertz CT molecular complexity index is 596. The van der Waals surface area contributed by atoms with Crippen LogP contribution in [-0.4, -0.2) is 12.5 Å². The van der Waals surface area contributed by atoms with E-state index in [9.17, 15) is 4.79 Å². The van der Waals surface area contributed by atoms with Crippen molar-refractivity contribution < 1.29 is 4.79 Å². The number of amides is 1. The van der Waals surface area contributed by atoms with Gasteiger partial charge < -0.3 is 10.6 Å². The van der Waals surface area contributed by atoms with Crippen LogP contribution in [0.25, 0.3) is 0 Å². The highest BCUT2D eigenvalue weighted by atomic mass is 35.5. The molecule has 21 heavy (non-hydrogen) atoms. The summed E-state index contributed by atoms with van der Waals surface area (Å²) in [6.45, 7) is 3.79. The molecule has 0 saturated heterocycles. The van der Waals surface area contributed by atoms with E-state index in [1.165, 1.54) is 0 Å². The molecular weight excluding hydrogens is 284 g/mol. The molecule has 0 aliphatic carbocycles. The second-order valence-corrected chi connectivity index (χ2v) is 5.27. The topological polar surface area (TPSA) is 41.1 Å². The van der Waals surface area contributed by atoms with E-state index in [0.717, 1.165) is 29.9 Å². The second kappa shape index (κ2) is 7.81. The van der Waals surface area contributed by atoms with Gasteiger partial charge >= 0.3 is 0 Å². The van der Waals surface area contributed by atoms with Crippen molar-refractivity contribution in [2.45, 2.75) is 19.9 Å². The lowest BCUT2D eigenvalue weighted by molar-refractivity contribution is -0.115. The normalized spacial score (nSPS) is 10.4. The van der Waals surface area contributed by atoms with Crippen LogP contribution in [0.1, 0.15) is 18.1 Å². The number of nitrogens with one attached hydrogen (secondary N) is 2. The first-order chi connectivity index (χ1) is 10.2. The van der Waals surface area contributed by atoms with Crippen molar-refractivity contribution >= 4 is 23.2 Å². The lowest BCUT2D eigenvalue weighted by Crippen LogP contribution is -2.15. The number of hydrogen-bond donors (Lipinski definition) is 2. The maximum Gasteiger partial charge on any atom is 0.228 e. The van der Waals surface area contributed by atoms with Crippen LogP contribution in [0.5, 0.6) is 0 Å². The average molecular weight is 303 g/mol. The van der Waals surface area contributed by atoms with Gasteiger partial charge in [-0.25, -0.2) is 0 Å². The number of carbonyl (C=O) groups is 1. The minimum Gasteiger partial charge on any atom is -0.326 e. The molecule has 0 aliphatic rings. The molecule has 2 N–H and O–H groups in total. The van der Waals surface area contributed by atoms with E-state index in [-0.39, 0.29) is 5.91 Å². The second-order valence-electron chi connectivity index (χ2n) is 4.83. The molecule has 0 aliphatic heterocycles. The Morgan fingerprint density at radius 2 is 1.86 bits per heavy atom. The number of anilines is 1. The van der Waals surface area contributed by atoms with Gasteiger partial charge in [-0.15, -0.1) is 0 Å². The molecule has 0 radical (unpaired) electrons. The first-order valence-electron chi connectivity index (χ1n) is 7.01. The molecule has 0 spiro atoms. The predicted molar refractivity (Wildman–Crippen MR) is 87.6 cm³/mol. The highest BCUT2D eigenvalue weighted by Crippen LogP contribution is 2.13. The molecule has 0 bridgehead atoms. The summed E-state index contributed by atoms with van der Waals surface area (Å²) < 4.78 is 0. The van der Waals surface area contributed by atoms with Gasteiger partial charge in [-0.3, -0.25) is 4.79 Å². The molecule has 0 unspecified atom stereocenters. The first kappa shape index (κ1) is 15.5. The van der Waals surface area contributed by atoms with Gasteiger partial charge in [-0.2, -0.15) is 0 Å². The third kappa shape index (κ3) is 5.21. The van der Waals surface area contributed by atoms with Gasteiger partial charge in [0, 0.05) is 17.3 Å². The van der Waals surface area contributed by atoms with Crippen LogP contribution < -0.4 is 10.6 Å². The fourth-order valence-corrected chi connectivity index (χ4v) is 2.15. The summed E-state index contributed by atoms with van der Waals surface area (Å²) in [5, 5.41) is 6.86. The van der Waals surface area contributed by atoms with Crippen LogP contribution in [0.2, 0.25) is 5.02 Å². The van der Waals surface area contributed by atoms with Crippen molar-refractivity contribution in [2.24, 2.45) is 0 Å². The third-order valence-corrected chi connectivity index (χ3v) is 3.32. The molecular formula is C17H19ClN2O. The third-order valence-electron chi connectivity index (χ3n) is 3.07. The first-order valence-corrected chi connectivity index (χ1v) is 7.39. The summed E-state index contributed by atoms with van der Waals surface area (Å²) in [6, 6.07) is 15.2. The Morgan fingerprint density at radius 3 is 2.57 bits per heavy atom. The van der Waals surface area contributed by atoms with E-state index in [1.807, 2.05) is 36.4 Å². The van der Waals surface area contributed by atoms with E-state index in [2.05, 4.69) is 17.6 Å². The molecule has 2 aromatic carbocycles. The summed E-state index contributed by atoms with van der Waals surface area (Å²) >= 11 is 5.83. The van der Waals surface area contributed by atoms with E-state index < -0.39 is 0 Å². The van der Waals surface area contributed by atoms with Crippen LogP contribution in [0.15, 0.2) is 48.5 Å². The van der Waals surface area contributed by atoms with E-state index in [1.54, 1.807) is 12.1 Å². The Labute approximate surface area is 130 Å². The number of rotatable bonds is 6. The minimum atomic E-state index is -0.0297. The van der Waals surface area contributed by atoms with Crippen LogP contribution in [0.4, 0.5) is 5.69 Å². The molecule has 2 rings (SSSR count). The van der Waals surface area contributed by atoms with Gasteiger partial charge in [0.25, 0.3) is 0 Å². The maximum absolute atomic E-state index is 12.0. The van der Waals surface area contributed by atoms with Crippen LogP contribution in [0, 0.1) is 0 Å². The minimum absolute atomic E-state index is 0.0297. The molecule has 2 aromatic rings. The van der Waals surface area contributed by atoms with Gasteiger partial charge in [0.05, 0.1) is 6.42 Å². The van der Waals surface area contributed by atoms with E-state index in [0.29, 0.717) is 11.4 Å². The fourth-order valence-electron chi connectivity index (χ4n) is 2.02. The molecule has 110 valence electrons. The summed E-state index contributed by atoms with van der Waals surface area (Å²) in [5.74, 6) is -0.0297. The van der Waals surface area contributed by atoms with Crippen LogP contribution >= 0.6 is 11.6 Å². The van der Waals surface area contributed by atoms with Crippen molar-refractivity contribution in [3.05, 3.63) is 64.7 Å². The van der Waals surface area contributed by atoms with Gasteiger partial charge in [0.1, 0.15) is 0 Å². The Hall–Kier alpha value is -1.84. The highest BCUT2D eigenvalue weighted by Gasteiger charge is 2.04. The maximum atomic E-state index is 12.0. The fraction of sp³-hybridized carbons (Fsp3) is 0.235. The predicted octanol–water partition coefficient (Wildman–Crippen LogP) is 3.63. The Balaban J connectivity index is 1.94. The summed E-state index contributed by atoms with van der Waals surface area (Å²) in [5.41, 5.74) is 2.92. The molecule has 0 aromatic heterocycles. The largest absolute Gasteiger partial charge is 0.326 e. The van der Waals surface area contributed by atoms with E-state index >= 15 is 0 Å². The molecule has 1 amide bonds. The lowest BCUT2D eigenvalue weighted by atomic mass is 10.1. The van der Waals surface area contributed by atoms with Crippen molar-refractivity contribution in [3.63, 3.8) is 0 Å². The lowest BCUT2D eigenvalue weighted by Gasteiger charge is -2.08. The number of halogens is 1.